The summed E-state index contributed by atoms with van der Waals surface area (Å²) < 4.78 is 0. The van der Waals surface area contributed by atoms with Crippen molar-refractivity contribution < 1.29 is 9.59 Å². The summed E-state index contributed by atoms with van der Waals surface area (Å²) in [6.07, 6.45) is 0.823. The fourth-order valence-corrected chi connectivity index (χ4v) is 2.79. The number of carbonyl (C=O) groups is 2. The molecule has 0 aliphatic carbocycles. The average Bonchev–Trinajstić information content (AvgIpc) is 2.27. The molecule has 1 aliphatic rings. The van der Waals surface area contributed by atoms with Crippen LogP contribution in [0.5, 0.6) is 0 Å². The van der Waals surface area contributed by atoms with E-state index in [0.717, 1.165) is 18.1 Å². The minimum absolute atomic E-state index is 0. The van der Waals surface area contributed by atoms with Crippen molar-refractivity contribution in [2.24, 2.45) is 0 Å². The first-order valence-corrected chi connectivity index (χ1v) is 7.91. The normalized spacial score (nSPS) is 18.9. The summed E-state index contributed by atoms with van der Waals surface area (Å²) in [5, 5.41) is 8.99. The van der Waals surface area contributed by atoms with Crippen LogP contribution in [0.2, 0.25) is 0 Å². The molecule has 5 nitrogen and oxygen atoms in total. The van der Waals surface area contributed by atoms with Crippen molar-refractivity contribution in [2.75, 3.05) is 24.6 Å². The summed E-state index contributed by atoms with van der Waals surface area (Å²) in [5.41, 5.74) is -0.218. The minimum atomic E-state index is -0.218. The van der Waals surface area contributed by atoms with Gasteiger partial charge in [0.1, 0.15) is 0 Å². The number of amides is 2. The van der Waals surface area contributed by atoms with Gasteiger partial charge in [0.2, 0.25) is 11.8 Å². The molecule has 3 N–H and O–H groups in total. The zero-order valence-electron chi connectivity index (χ0n) is 12.5. The van der Waals surface area contributed by atoms with E-state index in [1.54, 1.807) is 0 Å². The molecule has 20 heavy (non-hydrogen) atoms. The Labute approximate surface area is 131 Å². The predicted octanol–water partition coefficient (Wildman–Crippen LogP) is 0.924. The van der Waals surface area contributed by atoms with Crippen LogP contribution >= 0.6 is 24.2 Å². The van der Waals surface area contributed by atoms with Gasteiger partial charge in [0.25, 0.3) is 0 Å². The second kappa shape index (κ2) is 9.47. The number of carbonyl (C=O) groups excluding carboxylic acids is 2. The van der Waals surface area contributed by atoms with Crippen LogP contribution in [0.25, 0.3) is 0 Å². The molecule has 0 spiro atoms. The van der Waals surface area contributed by atoms with Crippen LogP contribution in [0.4, 0.5) is 0 Å². The van der Waals surface area contributed by atoms with Crippen molar-refractivity contribution in [3.63, 3.8) is 0 Å². The van der Waals surface area contributed by atoms with Crippen molar-refractivity contribution in [1.29, 1.82) is 0 Å². The third kappa shape index (κ3) is 9.44. The molecule has 7 heteroatoms. The van der Waals surface area contributed by atoms with Gasteiger partial charge in [-0.2, -0.15) is 11.8 Å². The molecule has 0 saturated carbocycles. The van der Waals surface area contributed by atoms with Crippen LogP contribution in [-0.4, -0.2) is 48.0 Å². The van der Waals surface area contributed by atoms with Crippen molar-refractivity contribution in [1.82, 2.24) is 16.0 Å². The maximum Gasteiger partial charge on any atom is 0.222 e. The van der Waals surface area contributed by atoms with E-state index in [2.05, 4.69) is 16.0 Å². The van der Waals surface area contributed by atoms with Gasteiger partial charge in [0.15, 0.2) is 0 Å². The van der Waals surface area contributed by atoms with Gasteiger partial charge >= 0.3 is 0 Å². The topological polar surface area (TPSA) is 70.2 Å². The van der Waals surface area contributed by atoms with Crippen LogP contribution in [0.3, 0.4) is 0 Å². The zero-order chi connectivity index (χ0) is 14.3. The summed E-state index contributed by atoms with van der Waals surface area (Å²) >= 11 is 1.87. The fraction of sp³-hybridized carbons (Fsp3) is 0.846. The molecule has 1 aliphatic heterocycles. The van der Waals surface area contributed by atoms with Gasteiger partial charge < -0.3 is 16.0 Å². The van der Waals surface area contributed by atoms with E-state index >= 15 is 0 Å². The maximum atomic E-state index is 11.7. The average molecular weight is 324 g/mol. The van der Waals surface area contributed by atoms with Gasteiger partial charge in [-0.15, -0.1) is 12.4 Å². The molecule has 1 heterocycles. The lowest BCUT2D eigenvalue weighted by Crippen LogP contribution is -2.43. The van der Waals surface area contributed by atoms with E-state index < -0.39 is 0 Å². The predicted molar refractivity (Wildman–Crippen MR) is 86.5 cm³/mol. The molecular formula is C13H26ClN3O2S. The summed E-state index contributed by atoms with van der Waals surface area (Å²) in [6.45, 7) is 7.19. The maximum absolute atomic E-state index is 11.7. The van der Waals surface area contributed by atoms with Crippen LogP contribution in [0, 0.1) is 0 Å². The van der Waals surface area contributed by atoms with E-state index in [9.17, 15) is 9.59 Å². The molecule has 1 atom stereocenters. The smallest absolute Gasteiger partial charge is 0.222 e. The monoisotopic (exact) mass is 323 g/mol. The molecule has 118 valence electrons. The highest BCUT2D eigenvalue weighted by Crippen LogP contribution is 2.09. The Morgan fingerprint density at radius 1 is 1.30 bits per heavy atom. The molecule has 0 aromatic rings. The standard InChI is InChI=1S/C13H25N3O2S.ClH/c1-13(2,3)16-11(17)4-5-15-12(18)8-10-9-19-7-6-14-10;/h10,14H,4-9H2,1-3H3,(H,15,18)(H,16,17);1H. The second-order valence-corrected chi connectivity index (χ2v) is 6.98. The Morgan fingerprint density at radius 3 is 2.55 bits per heavy atom. The van der Waals surface area contributed by atoms with Gasteiger partial charge in [-0.3, -0.25) is 9.59 Å². The Bertz CT molecular complexity index is 315. The molecule has 1 fully saturated rings. The summed E-state index contributed by atoms with van der Waals surface area (Å²) in [5.74, 6) is 2.09. The summed E-state index contributed by atoms with van der Waals surface area (Å²) in [7, 11) is 0. The Kier molecular flexibility index (Phi) is 9.25. The van der Waals surface area contributed by atoms with Crippen molar-refractivity contribution in [3.8, 4) is 0 Å². The lowest BCUT2D eigenvalue weighted by atomic mass is 10.1. The van der Waals surface area contributed by atoms with Crippen molar-refractivity contribution >= 4 is 36.0 Å². The third-order valence-corrected chi connectivity index (χ3v) is 3.75. The molecule has 0 radical (unpaired) electrons. The number of hydrogen-bond acceptors (Lipinski definition) is 4. The van der Waals surface area contributed by atoms with E-state index in [4.69, 9.17) is 0 Å². The van der Waals surface area contributed by atoms with Crippen LogP contribution in [0.15, 0.2) is 0 Å². The largest absolute Gasteiger partial charge is 0.356 e. The minimum Gasteiger partial charge on any atom is -0.356 e. The lowest BCUT2D eigenvalue weighted by molar-refractivity contribution is -0.123. The molecule has 0 aromatic carbocycles. The first-order valence-electron chi connectivity index (χ1n) is 6.75. The first-order chi connectivity index (χ1) is 8.87. The SMILES string of the molecule is CC(C)(C)NC(=O)CCNC(=O)CC1CSCCN1.Cl. The van der Waals surface area contributed by atoms with Crippen LogP contribution < -0.4 is 16.0 Å². The Morgan fingerprint density at radius 2 is 2.00 bits per heavy atom. The molecule has 2 amide bonds. The van der Waals surface area contributed by atoms with Gasteiger partial charge in [0, 0.05) is 49.0 Å². The number of nitrogens with one attached hydrogen (secondary N) is 3. The molecule has 0 aromatic heterocycles. The van der Waals surface area contributed by atoms with Crippen LogP contribution in [-0.2, 0) is 9.59 Å². The van der Waals surface area contributed by atoms with Gasteiger partial charge in [-0.1, -0.05) is 0 Å². The van der Waals surface area contributed by atoms with Gasteiger partial charge in [-0.05, 0) is 20.8 Å². The van der Waals surface area contributed by atoms with Crippen molar-refractivity contribution in [2.45, 2.75) is 45.2 Å². The third-order valence-electron chi connectivity index (χ3n) is 2.62. The van der Waals surface area contributed by atoms with Gasteiger partial charge in [0.05, 0.1) is 0 Å². The first kappa shape index (κ1) is 19.5. The molecular weight excluding hydrogens is 298 g/mol. The van der Waals surface area contributed by atoms with Crippen molar-refractivity contribution in [3.05, 3.63) is 0 Å². The summed E-state index contributed by atoms with van der Waals surface area (Å²) in [4.78, 5) is 23.2. The summed E-state index contributed by atoms with van der Waals surface area (Å²) in [6, 6.07) is 0.266. The molecule has 1 rings (SSSR count). The lowest BCUT2D eigenvalue weighted by Gasteiger charge is -2.22. The number of rotatable bonds is 5. The molecule has 1 unspecified atom stereocenters. The quantitative estimate of drug-likeness (QED) is 0.704. The highest BCUT2D eigenvalue weighted by molar-refractivity contribution is 7.99. The highest BCUT2D eigenvalue weighted by atomic mass is 35.5. The Balaban J connectivity index is 0.00000361. The zero-order valence-corrected chi connectivity index (χ0v) is 14.1. The molecule has 0 bridgehead atoms. The van der Waals surface area contributed by atoms with Crippen LogP contribution in [0.1, 0.15) is 33.6 Å². The number of hydrogen-bond donors (Lipinski definition) is 3. The highest BCUT2D eigenvalue weighted by Gasteiger charge is 2.17. The van der Waals surface area contributed by atoms with E-state index in [1.165, 1.54) is 0 Å². The number of halogens is 1. The van der Waals surface area contributed by atoms with E-state index in [0.29, 0.717) is 19.4 Å². The Hall–Kier alpha value is -0.460. The van der Waals surface area contributed by atoms with E-state index in [1.807, 2.05) is 32.5 Å². The van der Waals surface area contributed by atoms with Gasteiger partial charge in [-0.25, -0.2) is 0 Å². The van der Waals surface area contributed by atoms with E-state index in [-0.39, 0.29) is 35.8 Å². The number of thioether (sulfide) groups is 1. The second-order valence-electron chi connectivity index (χ2n) is 5.83. The molecule has 1 saturated heterocycles. The fourth-order valence-electron chi connectivity index (χ4n) is 1.84.